The van der Waals surface area contributed by atoms with Gasteiger partial charge in [0.2, 0.25) is 0 Å². The normalized spacial score (nSPS) is 13.2. The van der Waals surface area contributed by atoms with Crippen LogP contribution in [0, 0.1) is 0 Å². The molecule has 0 aromatic heterocycles. The Morgan fingerprint density at radius 2 is 1.70 bits per heavy atom. The van der Waals surface area contributed by atoms with Crippen molar-refractivity contribution >= 4 is 19.4 Å². The first-order valence-corrected chi connectivity index (χ1v) is 8.06. The SMILES string of the molecule is O[C@@H](C[Se]c1cccc(C(F)(F)F)c1)c1ccccc1. The van der Waals surface area contributed by atoms with Crippen LogP contribution in [-0.2, 0) is 6.18 Å². The second-order valence-corrected chi connectivity index (χ2v) is 6.56. The molecule has 0 aliphatic rings. The molecule has 1 atom stereocenters. The van der Waals surface area contributed by atoms with Crippen LogP contribution in [0.25, 0.3) is 0 Å². The molecule has 0 fully saturated rings. The van der Waals surface area contributed by atoms with Crippen molar-refractivity contribution in [3.63, 3.8) is 0 Å². The third-order valence-corrected chi connectivity index (χ3v) is 5.00. The zero-order valence-electron chi connectivity index (χ0n) is 10.5. The van der Waals surface area contributed by atoms with E-state index < -0.39 is 17.8 Å². The fraction of sp³-hybridized carbons (Fsp3) is 0.200. The average molecular weight is 345 g/mol. The van der Waals surface area contributed by atoms with Crippen LogP contribution in [0.5, 0.6) is 0 Å². The van der Waals surface area contributed by atoms with Gasteiger partial charge in [0.05, 0.1) is 0 Å². The van der Waals surface area contributed by atoms with Gasteiger partial charge in [-0.25, -0.2) is 0 Å². The zero-order valence-corrected chi connectivity index (χ0v) is 12.2. The van der Waals surface area contributed by atoms with Crippen molar-refractivity contribution in [2.24, 2.45) is 0 Å². The van der Waals surface area contributed by atoms with E-state index in [2.05, 4.69) is 0 Å². The van der Waals surface area contributed by atoms with Crippen molar-refractivity contribution in [2.45, 2.75) is 17.6 Å². The summed E-state index contributed by atoms with van der Waals surface area (Å²) in [5, 5.41) is 10.5. The van der Waals surface area contributed by atoms with E-state index in [0.717, 1.165) is 17.7 Å². The summed E-state index contributed by atoms with van der Waals surface area (Å²) in [7, 11) is 0. The molecule has 0 aliphatic heterocycles. The molecule has 0 amide bonds. The molecule has 1 N–H and O–H groups in total. The second kappa shape index (κ2) is 6.44. The molecule has 0 bridgehead atoms. The van der Waals surface area contributed by atoms with Gasteiger partial charge >= 0.3 is 121 Å². The molecular weight excluding hydrogens is 332 g/mol. The maximum atomic E-state index is 12.6. The molecule has 0 saturated carbocycles. The quantitative estimate of drug-likeness (QED) is 0.844. The Bertz CT molecular complexity index is 555. The van der Waals surface area contributed by atoms with Gasteiger partial charge in [0, 0.05) is 0 Å². The minimum atomic E-state index is -4.32. The number of rotatable bonds is 4. The molecule has 0 radical (unpaired) electrons. The van der Waals surface area contributed by atoms with E-state index in [9.17, 15) is 18.3 Å². The van der Waals surface area contributed by atoms with Crippen LogP contribution >= 0.6 is 0 Å². The van der Waals surface area contributed by atoms with E-state index >= 15 is 0 Å². The standard InChI is InChI=1S/C15H13F3OSe/c16-15(17,18)12-7-4-8-13(9-12)20-10-14(19)11-5-2-1-3-6-11/h1-9,14,19H,10H2/t14-/m0/s1. The monoisotopic (exact) mass is 346 g/mol. The molecular formula is C15H13F3OSe. The van der Waals surface area contributed by atoms with Gasteiger partial charge in [0.25, 0.3) is 0 Å². The molecule has 5 heteroatoms. The van der Waals surface area contributed by atoms with Gasteiger partial charge < -0.3 is 0 Å². The van der Waals surface area contributed by atoms with Gasteiger partial charge in [0.15, 0.2) is 0 Å². The number of aliphatic hydroxyl groups is 1. The first-order valence-electron chi connectivity index (χ1n) is 6.00. The van der Waals surface area contributed by atoms with Crippen molar-refractivity contribution in [3.8, 4) is 0 Å². The summed E-state index contributed by atoms with van der Waals surface area (Å²) < 4.78 is 38.4. The van der Waals surface area contributed by atoms with E-state index in [4.69, 9.17) is 0 Å². The Morgan fingerprint density at radius 3 is 2.35 bits per heavy atom. The van der Waals surface area contributed by atoms with Crippen LogP contribution in [0.2, 0.25) is 5.32 Å². The topological polar surface area (TPSA) is 20.2 Å². The molecule has 2 aromatic carbocycles. The van der Waals surface area contributed by atoms with Gasteiger partial charge in [0.1, 0.15) is 0 Å². The van der Waals surface area contributed by atoms with Crippen molar-refractivity contribution in [1.82, 2.24) is 0 Å². The van der Waals surface area contributed by atoms with E-state index in [1.54, 1.807) is 6.07 Å². The summed E-state index contributed by atoms with van der Waals surface area (Å²) in [6.45, 7) is 0. The Balaban J connectivity index is 2.01. The number of hydrogen-bond donors (Lipinski definition) is 1. The summed E-state index contributed by atoms with van der Waals surface area (Å²) in [6, 6.07) is 14.5. The van der Waals surface area contributed by atoms with Crippen molar-refractivity contribution in [3.05, 3.63) is 65.7 Å². The van der Waals surface area contributed by atoms with Gasteiger partial charge in [-0.05, 0) is 0 Å². The van der Waals surface area contributed by atoms with E-state index in [0.29, 0.717) is 9.78 Å². The van der Waals surface area contributed by atoms with Gasteiger partial charge in [-0.3, -0.25) is 0 Å². The van der Waals surface area contributed by atoms with Gasteiger partial charge in [-0.1, -0.05) is 0 Å². The average Bonchev–Trinajstić information content (AvgIpc) is 2.45. The number of halogens is 3. The van der Waals surface area contributed by atoms with Crippen LogP contribution in [0.15, 0.2) is 54.6 Å². The Kier molecular flexibility index (Phi) is 4.86. The second-order valence-electron chi connectivity index (χ2n) is 4.26. The summed E-state index contributed by atoms with van der Waals surface area (Å²) in [4.78, 5) is 0. The van der Waals surface area contributed by atoms with Crippen LogP contribution < -0.4 is 4.46 Å². The fourth-order valence-corrected chi connectivity index (χ4v) is 3.66. The number of hydrogen-bond acceptors (Lipinski definition) is 1. The third kappa shape index (κ3) is 4.10. The molecule has 0 saturated heterocycles. The first kappa shape index (κ1) is 15.1. The minimum absolute atomic E-state index is 0.198. The number of aliphatic hydroxyl groups excluding tert-OH is 1. The predicted molar refractivity (Wildman–Crippen MR) is 73.0 cm³/mol. The van der Waals surface area contributed by atoms with Gasteiger partial charge in [-0.15, -0.1) is 0 Å². The summed E-state index contributed by atoms with van der Waals surface area (Å²) in [6.07, 6.45) is -4.95. The number of alkyl halides is 3. The van der Waals surface area contributed by atoms with Crippen molar-refractivity contribution in [1.29, 1.82) is 0 Å². The Morgan fingerprint density at radius 1 is 1.00 bits per heavy atom. The van der Waals surface area contributed by atoms with Gasteiger partial charge in [-0.2, -0.15) is 0 Å². The molecule has 2 rings (SSSR count). The van der Waals surface area contributed by atoms with E-state index in [1.807, 2.05) is 30.3 Å². The van der Waals surface area contributed by atoms with E-state index in [-0.39, 0.29) is 15.0 Å². The zero-order chi connectivity index (χ0) is 14.6. The van der Waals surface area contributed by atoms with E-state index in [1.165, 1.54) is 6.07 Å². The van der Waals surface area contributed by atoms with Crippen LogP contribution in [-0.4, -0.2) is 20.1 Å². The summed E-state index contributed by atoms with van der Waals surface area (Å²) in [5.74, 6) is 0. The molecule has 0 aliphatic carbocycles. The predicted octanol–water partition coefficient (Wildman–Crippen LogP) is 3.19. The molecule has 0 unspecified atom stereocenters. The first-order chi connectivity index (χ1) is 9.47. The summed E-state index contributed by atoms with van der Waals surface area (Å²) in [5.41, 5.74) is 0.160. The van der Waals surface area contributed by atoms with Crippen molar-refractivity contribution < 1.29 is 18.3 Å². The molecule has 2 aromatic rings. The fourth-order valence-electron chi connectivity index (χ4n) is 1.71. The number of benzene rings is 2. The Hall–Kier alpha value is -1.29. The molecule has 1 nitrogen and oxygen atoms in total. The van der Waals surface area contributed by atoms with Crippen molar-refractivity contribution in [2.75, 3.05) is 0 Å². The molecule has 0 spiro atoms. The molecule has 0 heterocycles. The Labute approximate surface area is 121 Å². The molecule has 106 valence electrons. The van der Waals surface area contributed by atoms with Crippen LogP contribution in [0.4, 0.5) is 13.2 Å². The molecule has 20 heavy (non-hydrogen) atoms. The third-order valence-electron chi connectivity index (χ3n) is 2.75. The maximum absolute atomic E-state index is 12.6. The summed E-state index contributed by atoms with van der Waals surface area (Å²) >= 11 is -0.198. The van der Waals surface area contributed by atoms with Crippen LogP contribution in [0.3, 0.4) is 0 Å². The van der Waals surface area contributed by atoms with Crippen LogP contribution in [0.1, 0.15) is 17.2 Å².